The van der Waals surface area contributed by atoms with Gasteiger partial charge in [-0.05, 0) is 33.1 Å². The molecule has 0 unspecified atom stereocenters. The molecule has 8 heteroatoms. The van der Waals surface area contributed by atoms with E-state index in [1.165, 1.54) is 10.6 Å². The first kappa shape index (κ1) is 17.8. The van der Waals surface area contributed by atoms with E-state index in [2.05, 4.69) is 28.3 Å². The van der Waals surface area contributed by atoms with E-state index in [9.17, 15) is 13.5 Å². The zero-order chi connectivity index (χ0) is 17.5. The second kappa shape index (κ2) is 6.40. The lowest BCUT2D eigenvalue weighted by Gasteiger charge is -2.47. The Balaban J connectivity index is 1.73. The minimum absolute atomic E-state index is 0.346. The van der Waals surface area contributed by atoms with Gasteiger partial charge in [-0.25, -0.2) is 13.4 Å². The highest BCUT2D eigenvalue weighted by atomic mass is 32.2. The lowest BCUT2D eigenvalue weighted by molar-refractivity contribution is -0.0388. The summed E-state index contributed by atoms with van der Waals surface area (Å²) < 4.78 is 27.9. The quantitative estimate of drug-likeness (QED) is 0.864. The first-order valence-corrected chi connectivity index (χ1v) is 10.5. The third kappa shape index (κ3) is 3.12. The first-order chi connectivity index (χ1) is 11.2. The summed E-state index contributed by atoms with van der Waals surface area (Å²) in [7, 11) is -3.29. The van der Waals surface area contributed by atoms with Crippen molar-refractivity contribution >= 4 is 10.0 Å². The van der Waals surface area contributed by atoms with Crippen LogP contribution in [-0.4, -0.2) is 69.8 Å². The third-order valence-electron chi connectivity index (χ3n) is 5.45. The molecule has 2 atom stereocenters. The van der Waals surface area contributed by atoms with Gasteiger partial charge in [0.1, 0.15) is 5.82 Å². The lowest BCUT2D eigenvalue weighted by atomic mass is 9.83. The maximum atomic E-state index is 12.1. The maximum Gasteiger partial charge on any atom is 0.211 e. The molecule has 136 valence electrons. The summed E-state index contributed by atoms with van der Waals surface area (Å²) in [5, 5.41) is 10.8. The number of hydrogen-bond donors (Lipinski definition) is 1. The van der Waals surface area contributed by atoms with Crippen molar-refractivity contribution in [2.24, 2.45) is 0 Å². The zero-order valence-corrected chi connectivity index (χ0v) is 15.5. The summed E-state index contributed by atoms with van der Waals surface area (Å²) in [6.45, 7) is 6.69. The molecule has 3 heterocycles. The Labute approximate surface area is 144 Å². The molecule has 2 saturated heterocycles. The number of piperidine rings is 1. The molecule has 1 aromatic heterocycles. The van der Waals surface area contributed by atoms with Crippen molar-refractivity contribution in [3.05, 3.63) is 18.2 Å². The normalized spacial score (nSPS) is 29.8. The molecule has 2 aliphatic rings. The molecule has 2 fully saturated rings. The number of likely N-dealkylation sites (tertiary alicyclic amines) is 1. The minimum Gasteiger partial charge on any atom is -0.390 e. The molecule has 0 amide bonds. The van der Waals surface area contributed by atoms with Crippen LogP contribution in [0.2, 0.25) is 0 Å². The highest BCUT2D eigenvalue weighted by molar-refractivity contribution is 7.88. The number of nitrogens with zero attached hydrogens (tertiary/aromatic N) is 4. The number of aliphatic hydroxyl groups is 1. The largest absolute Gasteiger partial charge is 0.390 e. The van der Waals surface area contributed by atoms with Gasteiger partial charge in [0, 0.05) is 38.1 Å². The molecular weight excluding hydrogens is 328 g/mol. The van der Waals surface area contributed by atoms with Gasteiger partial charge in [0.15, 0.2) is 0 Å². The Hall–Kier alpha value is -0.960. The number of hydrogen-bond acceptors (Lipinski definition) is 5. The molecule has 1 aromatic rings. The van der Waals surface area contributed by atoms with E-state index in [0.29, 0.717) is 32.1 Å². The van der Waals surface area contributed by atoms with E-state index >= 15 is 0 Å². The summed E-state index contributed by atoms with van der Waals surface area (Å²) >= 11 is 0. The Morgan fingerprint density at radius 3 is 2.75 bits per heavy atom. The summed E-state index contributed by atoms with van der Waals surface area (Å²) in [6, 6.07) is 0.346. The highest BCUT2D eigenvalue weighted by Crippen LogP contribution is 2.40. The Morgan fingerprint density at radius 2 is 2.12 bits per heavy atom. The number of rotatable bonds is 4. The van der Waals surface area contributed by atoms with Crippen LogP contribution in [0.4, 0.5) is 0 Å². The zero-order valence-electron chi connectivity index (χ0n) is 14.7. The maximum absolute atomic E-state index is 12.1. The fraction of sp³-hybridized carbons (Fsp3) is 0.812. The smallest absolute Gasteiger partial charge is 0.211 e. The van der Waals surface area contributed by atoms with Crippen molar-refractivity contribution in [1.82, 2.24) is 18.8 Å². The van der Waals surface area contributed by atoms with E-state index in [0.717, 1.165) is 25.2 Å². The van der Waals surface area contributed by atoms with Gasteiger partial charge in [0.2, 0.25) is 10.0 Å². The molecule has 24 heavy (non-hydrogen) atoms. The van der Waals surface area contributed by atoms with Gasteiger partial charge in [0.25, 0.3) is 0 Å². The summed E-state index contributed by atoms with van der Waals surface area (Å²) in [4.78, 5) is 6.61. The highest BCUT2D eigenvalue weighted by Gasteiger charge is 2.52. The van der Waals surface area contributed by atoms with Crippen LogP contribution in [0.3, 0.4) is 0 Å². The van der Waals surface area contributed by atoms with Gasteiger partial charge in [-0.2, -0.15) is 4.31 Å². The molecule has 0 bridgehead atoms. The molecule has 0 aromatic carbocycles. The van der Waals surface area contributed by atoms with Gasteiger partial charge in [-0.3, -0.25) is 4.90 Å². The molecule has 3 rings (SSSR count). The van der Waals surface area contributed by atoms with Crippen molar-refractivity contribution in [1.29, 1.82) is 0 Å². The summed E-state index contributed by atoms with van der Waals surface area (Å²) in [5.41, 5.74) is -0.614. The monoisotopic (exact) mass is 356 g/mol. The van der Waals surface area contributed by atoms with Crippen LogP contribution in [0.1, 0.15) is 45.0 Å². The van der Waals surface area contributed by atoms with Crippen LogP contribution in [0, 0.1) is 0 Å². The van der Waals surface area contributed by atoms with Gasteiger partial charge >= 0.3 is 0 Å². The van der Waals surface area contributed by atoms with E-state index in [4.69, 9.17) is 0 Å². The van der Waals surface area contributed by atoms with Gasteiger partial charge in [-0.1, -0.05) is 0 Å². The van der Waals surface area contributed by atoms with Crippen molar-refractivity contribution in [3.63, 3.8) is 0 Å². The fourth-order valence-corrected chi connectivity index (χ4v) is 5.68. The average Bonchev–Trinajstić information content (AvgIpc) is 3.10. The number of aromatic nitrogens is 2. The summed E-state index contributed by atoms with van der Waals surface area (Å²) in [6.07, 6.45) is 6.61. The van der Waals surface area contributed by atoms with Crippen molar-refractivity contribution in [2.45, 2.75) is 57.3 Å². The van der Waals surface area contributed by atoms with Crippen LogP contribution < -0.4 is 0 Å². The SMILES string of the molecule is CC(C)n1ccnc1CN1CC[C@@]2(CCCN2S(C)(=O)=O)[C@@H](O)C1. The average molecular weight is 356 g/mol. The molecule has 0 saturated carbocycles. The Morgan fingerprint density at radius 1 is 1.38 bits per heavy atom. The number of imidazole rings is 1. The number of aliphatic hydroxyl groups excluding tert-OH is 1. The van der Waals surface area contributed by atoms with E-state index in [1.807, 2.05) is 6.20 Å². The molecule has 0 radical (unpaired) electrons. The van der Waals surface area contributed by atoms with Crippen molar-refractivity contribution in [2.75, 3.05) is 25.9 Å². The van der Waals surface area contributed by atoms with E-state index < -0.39 is 21.7 Å². The topological polar surface area (TPSA) is 78.7 Å². The van der Waals surface area contributed by atoms with E-state index in [1.54, 1.807) is 6.20 Å². The van der Waals surface area contributed by atoms with Crippen LogP contribution in [0.5, 0.6) is 0 Å². The summed E-state index contributed by atoms with van der Waals surface area (Å²) in [5.74, 6) is 0.986. The first-order valence-electron chi connectivity index (χ1n) is 8.64. The second-order valence-electron chi connectivity index (χ2n) is 7.39. The van der Waals surface area contributed by atoms with E-state index in [-0.39, 0.29) is 0 Å². The predicted molar refractivity (Wildman–Crippen MR) is 92.0 cm³/mol. The Kier molecular flexibility index (Phi) is 4.76. The number of β-amino-alcohol motifs (C(OH)–C–C–N with tert-alkyl or cyclic N) is 1. The standard InChI is InChI=1S/C16H28N4O3S/c1-13(2)19-10-7-17-15(19)12-18-9-6-16(14(21)11-18)5-4-8-20(16)24(3,22)23/h7,10,13-14,21H,4-6,8-9,11-12H2,1-3H3/t14-,16-/m0/s1. The van der Waals surface area contributed by atoms with Crippen LogP contribution in [-0.2, 0) is 16.6 Å². The molecule has 1 N–H and O–H groups in total. The van der Waals surface area contributed by atoms with Gasteiger partial charge < -0.3 is 9.67 Å². The molecule has 0 aliphatic carbocycles. The number of sulfonamides is 1. The van der Waals surface area contributed by atoms with Crippen molar-refractivity contribution in [3.8, 4) is 0 Å². The molecule has 7 nitrogen and oxygen atoms in total. The Bertz CT molecular complexity index is 687. The minimum atomic E-state index is -3.29. The molecular formula is C16H28N4O3S. The second-order valence-corrected chi connectivity index (χ2v) is 9.29. The van der Waals surface area contributed by atoms with Gasteiger partial charge in [0.05, 0.1) is 24.4 Å². The van der Waals surface area contributed by atoms with Gasteiger partial charge in [-0.15, -0.1) is 0 Å². The molecule has 1 spiro atoms. The van der Waals surface area contributed by atoms with Crippen molar-refractivity contribution < 1.29 is 13.5 Å². The lowest BCUT2D eigenvalue weighted by Crippen LogP contribution is -2.62. The molecule has 2 aliphatic heterocycles. The fourth-order valence-electron chi connectivity index (χ4n) is 4.26. The van der Waals surface area contributed by atoms with Crippen LogP contribution in [0.15, 0.2) is 12.4 Å². The van der Waals surface area contributed by atoms with Crippen LogP contribution in [0.25, 0.3) is 0 Å². The predicted octanol–water partition coefficient (Wildman–Crippen LogP) is 0.825. The third-order valence-corrected chi connectivity index (χ3v) is 6.80. The van der Waals surface area contributed by atoms with Crippen LogP contribution >= 0.6 is 0 Å².